The Kier molecular flexibility index (Phi) is 12.6. The molecule has 3 N–H and O–H groups in total. The molecule has 0 spiro atoms. The van der Waals surface area contributed by atoms with Gasteiger partial charge in [0.15, 0.2) is 11.5 Å². The van der Waals surface area contributed by atoms with E-state index in [1.807, 2.05) is 55.4 Å². The van der Waals surface area contributed by atoms with Crippen LogP contribution in [0.4, 0.5) is 4.79 Å². The standard InChI is InChI=1S/C30H47NO9/c1-17(2)19(4)38-28(36)37-18(3)13-21(26(31)27(34)35)20-11-12-22(39-24(32)15-29(5,6)7)23(14-20)40-25(33)16-30(8,9)10/h11-12,14,17-19,21,26H,13,15-16,31H2,1-10H3,(H,34,35)/t18?,19?,21?,26-/m0/s1. The van der Waals surface area contributed by atoms with Crippen LogP contribution in [0.3, 0.4) is 0 Å². The first-order valence-corrected chi connectivity index (χ1v) is 13.6. The molecule has 0 heterocycles. The molecule has 1 aromatic carbocycles. The second-order valence-corrected chi connectivity index (χ2v) is 13.1. The van der Waals surface area contributed by atoms with E-state index in [9.17, 15) is 24.3 Å². The van der Waals surface area contributed by atoms with Crippen molar-refractivity contribution in [2.24, 2.45) is 22.5 Å². The fourth-order valence-electron chi connectivity index (χ4n) is 3.65. The molecule has 1 rings (SSSR count). The highest BCUT2D eigenvalue weighted by Crippen LogP contribution is 2.36. The van der Waals surface area contributed by atoms with Crippen LogP contribution in [0.2, 0.25) is 0 Å². The molecule has 0 radical (unpaired) electrons. The summed E-state index contributed by atoms with van der Waals surface area (Å²) in [6.07, 6.45) is -1.73. The molecule has 40 heavy (non-hydrogen) atoms. The molecule has 0 aliphatic heterocycles. The van der Waals surface area contributed by atoms with Crippen molar-refractivity contribution in [1.29, 1.82) is 0 Å². The molecule has 0 aliphatic carbocycles. The van der Waals surface area contributed by atoms with Gasteiger partial charge in [0.1, 0.15) is 18.2 Å². The number of carboxylic acid groups (broad SMARTS) is 1. The lowest BCUT2D eigenvalue weighted by Gasteiger charge is -2.26. The Balaban J connectivity index is 3.36. The van der Waals surface area contributed by atoms with Gasteiger partial charge in [-0.05, 0) is 54.7 Å². The molecule has 0 fully saturated rings. The molecule has 0 amide bonds. The van der Waals surface area contributed by atoms with Gasteiger partial charge in [-0.1, -0.05) is 61.5 Å². The number of carbonyl (C=O) groups is 4. The lowest BCUT2D eigenvalue weighted by Crippen LogP contribution is -2.38. The van der Waals surface area contributed by atoms with Gasteiger partial charge in [-0.3, -0.25) is 14.4 Å². The van der Waals surface area contributed by atoms with Crippen molar-refractivity contribution in [2.75, 3.05) is 0 Å². The summed E-state index contributed by atoms with van der Waals surface area (Å²) >= 11 is 0. The third-order valence-corrected chi connectivity index (χ3v) is 6.02. The van der Waals surface area contributed by atoms with Crippen molar-refractivity contribution < 1.29 is 43.2 Å². The highest BCUT2D eigenvalue weighted by atomic mass is 16.7. The average Bonchev–Trinajstić information content (AvgIpc) is 2.75. The van der Waals surface area contributed by atoms with Crippen molar-refractivity contribution >= 4 is 24.1 Å². The number of rotatable bonds is 12. The van der Waals surface area contributed by atoms with Crippen LogP contribution in [0.15, 0.2) is 18.2 Å². The molecule has 0 bridgehead atoms. The van der Waals surface area contributed by atoms with E-state index in [-0.39, 0.29) is 53.6 Å². The van der Waals surface area contributed by atoms with Gasteiger partial charge in [0, 0.05) is 5.92 Å². The third kappa shape index (κ3) is 12.8. The van der Waals surface area contributed by atoms with Crippen molar-refractivity contribution in [1.82, 2.24) is 0 Å². The summed E-state index contributed by atoms with van der Waals surface area (Å²) in [5, 5.41) is 9.70. The molecule has 10 heteroatoms. The van der Waals surface area contributed by atoms with Crippen LogP contribution in [-0.4, -0.2) is 47.4 Å². The van der Waals surface area contributed by atoms with E-state index in [0.29, 0.717) is 5.56 Å². The number of hydrogen-bond acceptors (Lipinski definition) is 9. The highest BCUT2D eigenvalue weighted by molar-refractivity contribution is 5.77. The van der Waals surface area contributed by atoms with Crippen LogP contribution in [0.1, 0.15) is 100.0 Å². The van der Waals surface area contributed by atoms with Crippen LogP contribution in [-0.2, 0) is 23.9 Å². The van der Waals surface area contributed by atoms with Crippen molar-refractivity contribution in [3.63, 3.8) is 0 Å². The first kappa shape index (κ1) is 34.9. The Bertz CT molecular complexity index is 1040. The Hall–Kier alpha value is -3.14. The molecule has 0 aromatic heterocycles. The maximum Gasteiger partial charge on any atom is 0.508 e. The van der Waals surface area contributed by atoms with Crippen LogP contribution in [0.25, 0.3) is 0 Å². The van der Waals surface area contributed by atoms with Crippen molar-refractivity contribution in [3.05, 3.63) is 23.8 Å². The number of ether oxygens (including phenoxy) is 4. The van der Waals surface area contributed by atoms with Gasteiger partial charge in [-0.15, -0.1) is 0 Å². The lowest BCUT2D eigenvalue weighted by atomic mass is 9.87. The summed E-state index contributed by atoms with van der Waals surface area (Å²) in [7, 11) is 0. The average molecular weight is 566 g/mol. The summed E-state index contributed by atoms with van der Waals surface area (Å²) in [6, 6.07) is 3.07. The van der Waals surface area contributed by atoms with Crippen molar-refractivity contribution in [2.45, 2.75) is 113 Å². The molecule has 3 unspecified atom stereocenters. The third-order valence-electron chi connectivity index (χ3n) is 6.02. The zero-order valence-electron chi connectivity index (χ0n) is 25.5. The second kappa shape index (κ2) is 14.5. The number of nitrogens with two attached hydrogens (primary N) is 1. The normalized spacial score (nSPS) is 15.0. The fraction of sp³-hybridized carbons (Fsp3) is 0.667. The van der Waals surface area contributed by atoms with Gasteiger partial charge in [-0.25, -0.2) is 4.79 Å². The topological polar surface area (TPSA) is 151 Å². The zero-order chi connectivity index (χ0) is 31.0. The molecule has 0 saturated carbocycles. The summed E-state index contributed by atoms with van der Waals surface area (Å²) < 4.78 is 21.8. The molecule has 4 atom stereocenters. The summed E-state index contributed by atoms with van der Waals surface area (Å²) in [5.41, 5.74) is 5.77. The molecule has 226 valence electrons. The monoisotopic (exact) mass is 565 g/mol. The largest absolute Gasteiger partial charge is 0.508 e. The number of benzene rings is 1. The lowest BCUT2D eigenvalue weighted by molar-refractivity contribution is -0.139. The minimum absolute atomic E-state index is 0.0263. The number of carboxylic acids is 1. The summed E-state index contributed by atoms with van der Waals surface area (Å²) in [4.78, 5) is 49.4. The van der Waals surface area contributed by atoms with E-state index < -0.39 is 42.1 Å². The smallest absolute Gasteiger partial charge is 0.480 e. The molecular formula is C30H47NO9. The van der Waals surface area contributed by atoms with Gasteiger partial charge in [0.2, 0.25) is 0 Å². The van der Waals surface area contributed by atoms with E-state index in [1.165, 1.54) is 12.1 Å². The molecule has 1 aromatic rings. The van der Waals surface area contributed by atoms with Gasteiger partial charge in [-0.2, -0.15) is 0 Å². The molecule has 0 saturated heterocycles. The maximum atomic E-state index is 12.7. The predicted octanol–water partition coefficient (Wildman–Crippen LogP) is 5.84. The SMILES string of the molecule is CC(CC(c1ccc(OC(=O)CC(C)(C)C)c(OC(=O)CC(C)(C)C)c1)[C@H](N)C(=O)O)OC(=O)OC(C)C(C)C. The summed E-state index contributed by atoms with van der Waals surface area (Å²) in [6.45, 7) is 18.5. The van der Waals surface area contributed by atoms with Gasteiger partial charge in [0.25, 0.3) is 0 Å². The maximum absolute atomic E-state index is 12.7. The van der Waals surface area contributed by atoms with E-state index >= 15 is 0 Å². The fourth-order valence-corrected chi connectivity index (χ4v) is 3.65. The quantitative estimate of drug-likeness (QED) is 0.233. The predicted molar refractivity (Wildman–Crippen MR) is 150 cm³/mol. The number of hydrogen-bond donors (Lipinski definition) is 2. The number of esters is 2. The Morgan fingerprint density at radius 2 is 1.32 bits per heavy atom. The highest BCUT2D eigenvalue weighted by Gasteiger charge is 2.31. The van der Waals surface area contributed by atoms with Crippen LogP contribution in [0, 0.1) is 16.7 Å². The zero-order valence-corrected chi connectivity index (χ0v) is 25.5. The van der Waals surface area contributed by atoms with Crippen LogP contribution in [0.5, 0.6) is 11.5 Å². The Morgan fingerprint density at radius 1 is 0.825 bits per heavy atom. The first-order valence-electron chi connectivity index (χ1n) is 13.6. The first-order chi connectivity index (χ1) is 18.2. The van der Waals surface area contributed by atoms with E-state index in [0.717, 1.165) is 0 Å². The van der Waals surface area contributed by atoms with Crippen LogP contribution < -0.4 is 15.2 Å². The van der Waals surface area contributed by atoms with Gasteiger partial charge < -0.3 is 29.8 Å². The van der Waals surface area contributed by atoms with E-state index in [1.54, 1.807) is 19.9 Å². The van der Waals surface area contributed by atoms with E-state index in [4.69, 9.17) is 24.7 Å². The molecule has 0 aliphatic rings. The molecule has 10 nitrogen and oxygen atoms in total. The van der Waals surface area contributed by atoms with Gasteiger partial charge in [0.05, 0.1) is 12.8 Å². The van der Waals surface area contributed by atoms with Gasteiger partial charge >= 0.3 is 24.1 Å². The van der Waals surface area contributed by atoms with Crippen LogP contribution >= 0.6 is 0 Å². The van der Waals surface area contributed by atoms with E-state index in [2.05, 4.69) is 0 Å². The number of carbonyl (C=O) groups excluding carboxylic acids is 3. The Morgan fingerprint density at radius 3 is 1.77 bits per heavy atom. The summed E-state index contributed by atoms with van der Waals surface area (Å²) in [5.74, 6) is -3.08. The van der Waals surface area contributed by atoms with Crippen molar-refractivity contribution in [3.8, 4) is 11.5 Å². The minimum atomic E-state index is -1.37. The number of aliphatic carboxylic acids is 1. The minimum Gasteiger partial charge on any atom is -0.480 e. The Labute approximate surface area is 237 Å². The molecular weight excluding hydrogens is 518 g/mol. The second-order valence-electron chi connectivity index (χ2n) is 13.1.